The topological polar surface area (TPSA) is 77.5 Å². The highest BCUT2D eigenvalue weighted by Gasteiger charge is 2.15. The first-order valence-electron chi connectivity index (χ1n) is 6.97. The average Bonchev–Trinajstić information content (AvgIpc) is 2.49. The van der Waals surface area contributed by atoms with Gasteiger partial charge in [-0.15, -0.1) is 0 Å². The highest BCUT2D eigenvalue weighted by Crippen LogP contribution is 2.22. The van der Waals surface area contributed by atoms with Crippen LogP contribution in [0.2, 0.25) is 0 Å². The summed E-state index contributed by atoms with van der Waals surface area (Å²) in [6, 6.07) is 9.00. The second-order valence-electron chi connectivity index (χ2n) is 5.24. The van der Waals surface area contributed by atoms with Gasteiger partial charge >= 0.3 is 5.97 Å². The van der Waals surface area contributed by atoms with Crippen molar-refractivity contribution in [1.82, 2.24) is 0 Å². The molecule has 2 aromatic carbocycles. The number of rotatable bonds is 5. The van der Waals surface area contributed by atoms with Gasteiger partial charge in [0, 0.05) is 30.7 Å². The molecular weight excluding hydrogens is 335 g/mol. The minimum Gasteiger partial charge on any atom is -0.426 e. The number of esters is 1. The molecule has 0 unspecified atom stereocenters. The summed E-state index contributed by atoms with van der Waals surface area (Å²) in [5.74, 6) is -1.37. The molecule has 0 amide bonds. The van der Waals surface area contributed by atoms with E-state index in [-0.39, 0.29) is 34.0 Å². The summed E-state index contributed by atoms with van der Waals surface area (Å²) < 4.78 is 41.2. The van der Waals surface area contributed by atoms with Crippen molar-refractivity contribution in [3.63, 3.8) is 0 Å². The Bertz CT molecular complexity index is 886. The van der Waals surface area contributed by atoms with Crippen molar-refractivity contribution >= 4 is 21.6 Å². The smallest absolute Gasteiger partial charge is 0.308 e. The van der Waals surface area contributed by atoms with Crippen LogP contribution in [0.4, 0.5) is 4.39 Å². The van der Waals surface area contributed by atoms with Gasteiger partial charge in [-0.25, -0.2) is 12.8 Å². The third-order valence-electron chi connectivity index (χ3n) is 3.23. The molecule has 126 valence electrons. The monoisotopic (exact) mass is 350 g/mol. The predicted molar refractivity (Wildman–Crippen MR) is 85.3 cm³/mol. The second kappa shape index (κ2) is 6.92. The normalized spacial score (nSPS) is 11.1. The Hall–Kier alpha value is -2.54. The highest BCUT2D eigenvalue weighted by molar-refractivity contribution is 7.90. The van der Waals surface area contributed by atoms with Crippen LogP contribution in [0.3, 0.4) is 0 Å². The maximum absolute atomic E-state index is 13.4. The maximum Gasteiger partial charge on any atom is 0.308 e. The number of carbonyl (C=O) groups is 2. The van der Waals surface area contributed by atoms with Crippen LogP contribution in [0, 0.1) is 5.82 Å². The summed E-state index contributed by atoms with van der Waals surface area (Å²) in [5.41, 5.74) is 0.517. The molecule has 7 heteroatoms. The van der Waals surface area contributed by atoms with Gasteiger partial charge in [0.25, 0.3) is 0 Å². The molecule has 2 aromatic rings. The quantitative estimate of drug-likeness (QED) is 0.470. The van der Waals surface area contributed by atoms with E-state index in [1.165, 1.54) is 37.3 Å². The summed E-state index contributed by atoms with van der Waals surface area (Å²) in [6.45, 7) is 1.21. The Kier molecular flexibility index (Phi) is 5.14. The molecule has 0 aliphatic rings. The molecule has 0 atom stereocenters. The van der Waals surface area contributed by atoms with Crippen LogP contribution in [-0.2, 0) is 21.1 Å². The van der Waals surface area contributed by atoms with Crippen molar-refractivity contribution in [3.05, 3.63) is 59.4 Å². The number of Topliss-reactive ketones (excluding diaryl/α,β-unsaturated/α-hetero) is 1. The molecule has 0 aromatic heterocycles. The standard InChI is InChI=1S/C17H15FO5S/c1-11(19)23-17-8-5-14(18)9-13(17)10-16(20)12-3-6-15(7-4-12)24(2,21)22/h3-9H,10H2,1-2H3. The van der Waals surface area contributed by atoms with Crippen molar-refractivity contribution < 1.29 is 27.1 Å². The fourth-order valence-corrected chi connectivity index (χ4v) is 2.73. The minimum absolute atomic E-state index is 0.102. The maximum atomic E-state index is 13.4. The van der Waals surface area contributed by atoms with Crippen LogP contribution in [0.1, 0.15) is 22.8 Å². The van der Waals surface area contributed by atoms with E-state index in [1.54, 1.807) is 0 Å². The lowest BCUT2D eigenvalue weighted by molar-refractivity contribution is -0.131. The Morgan fingerprint density at radius 1 is 1.08 bits per heavy atom. The summed E-state index contributed by atoms with van der Waals surface area (Å²) in [7, 11) is -3.35. The zero-order chi connectivity index (χ0) is 17.9. The lowest BCUT2D eigenvalue weighted by Crippen LogP contribution is -2.09. The van der Waals surface area contributed by atoms with Gasteiger partial charge in [-0.2, -0.15) is 0 Å². The van der Waals surface area contributed by atoms with Gasteiger partial charge in [0.05, 0.1) is 4.90 Å². The fraction of sp³-hybridized carbons (Fsp3) is 0.176. The Labute approximate surface area is 139 Å². The number of hydrogen-bond donors (Lipinski definition) is 0. The molecule has 0 N–H and O–H groups in total. The fourth-order valence-electron chi connectivity index (χ4n) is 2.10. The van der Waals surface area contributed by atoms with Crippen molar-refractivity contribution in [2.24, 2.45) is 0 Å². The largest absolute Gasteiger partial charge is 0.426 e. The van der Waals surface area contributed by atoms with Gasteiger partial charge in [-0.05, 0) is 30.3 Å². The lowest BCUT2D eigenvalue weighted by atomic mass is 10.0. The molecule has 0 aliphatic heterocycles. The first kappa shape index (κ1) is 17.8. The van der Waals surface area contributed by atoms with Gasteiger partial charge < -0.3 is 4.74 Å². The molecule has 0 radical (unpaired) electrons. The van der Waals surface area contributed by atoms with Crippen LogP contribution >= 0.6 is 0 Å². The Balaban J connectivity index is 2.26. The van der Waals surface area contributed by atoms with Gasteiger partial charge in [0.1, 0.15) is 11.6 Å². The first-order chi connectivity index (χ1) is 11.2. The van der Waals surface area contributed by atoms with Gasteiger partial charge in [0.2, 0.25) is 0 Å². The molecule has 0 spiro atoms. The number of ketones is 1. The number of ether oxygens (including phenoxy) is 1. The molecule has 24 heavy (non-hydrogen) atoms. The van der Waals surface area contributed by atoms with Crippen molar-refractivity contribution in [2.75, 3.05) is 6.26 Å². The van der Waals surface area contributed by atoms with Crippen LogP contribution < -0.4 is 4.74 Å². The van der Waals surface area contributed by atoms with E-state index in [1.807, 2.05) is 0 Å². The molecule has 0 aliphatic carbocycles. The summed E-state index contributed by atoms with van der Waals surface area (Å²) >= 11 is 0. The Morgan fingerprint density at radius 3 is 2.25 bits per heavy atom. The van der Waals surface area contributed by atoms with Crippen LogP contribution in [0.15, 0.2) is 47.4 Å². The lowest BCUT2D eigenvalue weighted by Gasteiger charge is -2.09. The van der Waals surface area contributed by atoms with E-state index in [0.29, 0.717) is 0 Å². The third kappa shape index (κ3) is 4.48. The molecule has 0 heterocycles. The summed E-state index contributed by atoms with van der Waals surface area (Å²) in [5, 5.41) is 0. The zero-order valence-corrected chi connectivity index (χ0v) is 13.9. The van der Waals surface area contributed by atoms with Crippen LogP contribution in [0.25, 0.3) is 0 Å². The van der Waals surface area contributed by atoms with Crippen molar-refractivity contribution in [3.8, 4) is 5.75 Å². The molecule has 5 nitrogen and oxygen atoms in total. The minimum atomic E-state index is -3.35. The predicted octanol–water partition coefficient (Wildman–Crippen LogP) is 2.58. The molecular formula is C17H15FO5S. The van der Waals surface area contributed by atoms with E-state index < -0.39 is 21.6 Å². The van der Waals surface area contributed by atoms with E-state index >= 15 is 0 Å². The number of sulfone groups is 1. The van der Waals surface area contributed by atoms with E-state index in [2.05, 4.69) is 0 Å². The number of carbonyl (C=O) groups excluding carboxylic acids is 2. The van der Waals surface area contributed by atoms with Crippen molar-refractivity contribution in [2.45, 2.75) is 18.2 Å². The molecule has 0 saturated heterocycles. The van der Waals surface area contributed by atoms with Crippen LogP contribution in [0.5, 0.6) is 5.75 Å². The molecule has 0 fully saturated rings. The van der Waals surface area contributed by atoms with Gasteiger partial charge in [-0.3, -0.25) is 9.59 Å². The molecule has 2 rings (SSSR count). The number of hydrogen-bond acceptors (Lipinski definition) is 5. The van der Waals surface area contributed by atoms with E-state index in [4.69, 9.17) is 4.74 Å². The van der Waals surface area contributed by atoms with Crippen LogP contribution in [-0.4, -0.2) is 26.4 Å². The third-order valence-corrected chi connectivity index (χ3v) is 4.36. The SMILES string of the molecule is CC(=O)Oc1ccc(F)cc1CC(=O)c1ccc(S(C)(=O)=O)cc1. The Morgan fingerprint density at radius 2 is 1.71 bits per heavy atom. The summed E-state index contributed by atoms with van der Waals surface area (Å²) in [4.78, 5) is 23.5. The molecule has 0 bridgehead atoms. The number of halogens is 1. The first-order valence-corrected chi connectivity index (χ1v) is 8.86. The van der Waals surface area contributed by atoms with E-state index in [0.717, 1.165) is 18.4 Å². The zero-order valence-electron chi connectivity index (χ0n) is 13.1. The van der Waals surface area contributed by atoms with Crippen molar-refractivity contribution in [1.29, 1.82) is 0 Å². The number of benzene rings is 2. The highest BCUT2D eigenvalue weighted by atomic mass is 32.2. The summed E-state index contributed by atoms with van der Waals surface area (Å²) in [6.07, 6.45) is 0.889. The van der Waals surface area contributed by atoms with Gasteiger partial charge in [0.15, 0.2) is 15.6 Å². The average molecular weight is 350 g/mol. The second-order valence-corrected chi connectivity index (χ2v) is 7.26. The van der Waals surface area contributed by atoms with Gasteiger partial charge in [-0.1, -0.05) is 12.1 Å². The van der Waals surface area contributed by atoms with E-state index in [9.17, 15) is 22.4 Å². The molecule has 0 saturated carbocycles.